The molecule has 2 heteroatoms. The van der Waals surface area contributed by atoms with E-state index in [0.717, 1.165) is 11.6 Å². The number of benzene rings is 2. The number of hydrogen-bond donors (Lipinski definition) is 0. The summed E-state index contributed by atoms with van der Waals surface area (Å²) in [5.41, 5.74) is 3.77. The number of likely N-dealkylation sites (N-methyl/N-ethyl adjacent to an activating group) is 1. The zero-order chi connectivity index (χ0) is 13.2. The van der Waals surface area contributed by atoms with E-state index in [1.807, 2.05) is 12.1 Å². The van der Waals surface area contributed by atoms with Crippen LogP contribution in [0.25, 0.3) is 6.08 Å². The summed E-state index contributed by atoms with van der Waals surface area (Å²) >= 11 is 6.07. The van der Waals surface area contributed by atoms with Crippen molar-refractivity contribution in [1.82, 2.24) is 0 Å². The number of nitrogens with zero attached hydrogens (tertiary/aromatic N) is 1. The second-order valence-electron chi connectivity index (χ2n) is 4.70. The van der Waals surface area contributed by atoms with Gasteiger partial charge in [-0.05, 0) is 36.2 Å². The Labute approximate surface area is 119 Å². The SMILES string of the molecule is CCN1c2ccc(Cl)cc2C=C[C@@H]1c1ccccc1. The number of anilines is 1. The lowest BCUT2D eigenvalue weighted by molar-refractivity contribution is 0.742. The van der Waals surface area contributed by atoms with Crippen molar-refractivity contribution in [3.05, 3.63) is 70.8 Å². The maximum atomic E-state index is 6.07. The highest BCUT2D eigenvalue weighted by Gasteiger charge is 2.22. The van der Waals surface area contributed by atoms with Crippen molar-refractivity contribution in [2.45, 2.75) is 13.0 Å². The molecule has 1 heterocycles. The van der Waals surface area contributed by atoms with Gasteiger partial charge < -0.3 is 4.90 Å². The summed E-state index contributed by atoms with van der Waals surface area (Å²) in [7, 11) is 0. The van der Waals surface area contributed by atoms with Crippen molar-refractivity contribution in [1.29, 1.82) is 0 Å². The molecule has 1 atom stereocenters. The fraction of sp³-hybridized carbons (Fsp3) is 0.176. The van der Waals surface area contributed by atoms with Crippen LogP contribution >= 0.6 is 11.6 Å². The van der Waals surface area contributed by atoms with Crippen molar-refractivity contribution in [3.8, 4) is 0 Å². The van der Waals surface area contributed by atoms with Crippen molar-refractivity contribution >= 4 is 23.4 Å². The maximum absolute atomic E-state index is 6.07. The summed E-state index contributed by atoms with van der Waals surface area (Å²) in [6.45, 7) is 3.16. The van der Waals surface area contributed by atoms with Gasteiger partial charge in [-0.2, -0.15) is 0 Å². The molecule has 19 heavy (non-hydrogen) atoms. The predicted octanol–water partition coefficient (Wildman–Crippen LogP) is 4.93. The van der Waals surface area contributed by atoms with Crippen LogP contribution in [0, 0.1) is 0 Å². The summed E-state index contributed by atoms with van der Waals surface area (Å²) < 4.78 is 0. The molecule has 96 valence electrons. The Balaban J connectivity index is 2.05. The van der Waals surface area contributed by atoms with Crippen molar-refractivity contribution in [2.24, 2.45) is 0 Å². The van der Waals surface area contributed by atoms with Gasteiger partial charge in [-0.3, -0.25) is 0 Å². The van der Waals surface area contributed by atoms with E-state index in [-0.39, 0.29) is 0 Å². The van der Waals surface area contributed by atoms with Crippen LogP contribution in [0.15, 0.2) is 54.6 Å². The number of hydrogen-bond acceptors (Lipinski definition) is 1. The third-order valence-corrected chi connectivity index (χ3v) is 3.81. The first-order chi connectivity index (χ1) is 9.29. The smallest absolute Gasteiger partial charge is 0.0729 e. The van der Waals surface area contributed by atoms with Gasteiger partial charge in [0.15, 0.2) is 0 Å². The first-order valence-electron chi connectivity index (χ1n) is 6.59. The van der Waals surface area contributed by atoms with Gasteiger partial charge >= 0.3 is 0 Å². The van der Waals surface area contributed by atoms with Crippen LogP contribution in [-0.2, 0) is 0 Å². The zero-order valence-electron chi connectivity index (χ0n) is 10.9. The Morgan fingerprint density at radius 3 is 2.63 bits per heavy atom. The van der Waals surface area contributed by atoms with Gasteiger partial charge in [0, 0.05) is 17.3 Å². The quantitative estimate of drug-likeness (QED) is 0.747. The van der Waals surface area contributed by atoms with E-state index in [1.54, 1.807) is 0 Å². The number of halogens is 1. The molecule has 0 N–H and O–H groups in total. The van der Waals surface area contributed by atoms with Crippen LogP contribution in [0.1, 0.15) is 24.1 Å². The monoisotopic (exact) mass is 269 g/mol. The van der Waals surface area contributed by atoms with Gasteiger partial charge in [-0.25, -0.2) is 0 Å². The molecule has 0 spiro atoms. The van der Waals surface area contributed by atoms with Crippen LogP contribution in [0.4, 0.5) is 5.69 Å². The Kier molecular flexibility index (Phi) is 3.31. The summed E-state index contributed by atoms with van der Waals surface area (Å²) in [6, 6.07) is 17.0. The van der Waals surface area contributed by atoms with Crippen molar-refractivity contribution in [3.63, 3.8) is 0 Å². The third kappa shape index (κ3) is 2.26. The summed E-state index contributed by atoms with van der Waals surface area (Å²) in [5, 5.41) is 0.789. The number of rotatable bonds is 2. The molecule has 0 saturated carbocycles. The molecule has 1 aliphatic heterocycles. The lowest BCUT2D eigenvalue weighted by Gasteiger charge is -2.35. The molecule has 2 aromatic carbocycles. The fourth-order valence-corrected chi connectivity index (χ4v) is 2.86. The van der Waals surface area contributed by atoms with Gasteiger partial charge in [-0.15, -0.1) is 0 Å². The first kappa shape index (κ1) is 12.3. The lowest BCUT2D eigenvalue weighted by atomic mass is 9.97. The number of fused-ring (bicyclic) bond motifs is 1. The van der Waals surface area contributed by atoms with Gasteiger partial charge in [0.05, 0.1) is 6.04 Å². The van der Waals surface area contributed by atoms with E-state index in [1.165, 1.54) is 16.8 Å². The normalized spacial score (nSPS) is 17.4. The Bertz CT molecular complexity index is 604. The second kappa shape index (κ2) is 5.10. The van der Waals surface area contributed by atoms with Crippen LogP contribution in [0.2, 0.25) is 5.02 Å². The highest BCUT2D eigenvalue weighted by molar-refractivity contribution is 6.30. The maximum Gasteiger partial charge on any atom is 0.0729 e. The zero-order valence-corrected chi connectivity index (χ0v) is 11.6. The minimum Gasteiger partial charge on any atom is -0.361 e. The molecule has 1 aliphatic rings. The van der Waals surface area contributed by atoms with Crippen LogP contribution in [0.3, 0.4) is 0 Å². The molecular weight excluding hydrogens is 254 g/mol. The lowest BCUT2D eigenvalue weighted by Crippen LogP contribution is -2.29. The highest BCUT2D eigenvalue weighted by Crippen LogP contribution is 2.37. The van der Waals surface area contributed by atoms with Gasteiger partial charge in [0.1, 0.15) is 0 Å². The minimum atomic E-state index is 0.305. The van der Waals surface area contributed by atoms with E-state index < -0.39 is 0 Å². The molecule has 2 aromatic rings. The van der Waals surface area contributed by atoms with E-state index >= 15 is 0 Å². The largest absolute Gasteiger partial charge is 0.361 e. The molecule has 0 unspecified atom stereocenters. The molecule has 0 aromatic heterocycles. The summed E-state index contributed by atoms with van der Waals surface area (Å²) in [6.07, 6.45) is 4.42. The van der Waals surface area contributed by atoms with Gasteiger partial charge in [-0.1, -0.05) is 54.1 Å². The molecule has 0 bridgehead atoms. The van der Waals surface area contributed by atoms with Gasteiger partial charge in [0.2, 0.25) is 0 Å². The molecule has 1 nitrogen and oxygen atoms in total. The predicted molar refractivity (Wildman–Crippen MR) is 82.7 cm³/mol. The second-order valence-corrected chi connectivity index (χ2v) is 5.14. The Morgan fingerprint density at radius 1 is 1.11 bits per heavy atom. The standard InChI is InChI=1S/C17H16ClN/c1-2-19-16(13-6-4-3-5-7-13)10-8-14-12-15(18)9-11-17(14)19/h3-12,16H,2H2,1H3/t16-/m1/s1. The van der Waals surface area contributed by atoms with E-state index in [0.29, 0.717) is 6.04 Å². The molecule has 0 amide bonds. The van der Waals surface area contributed by atoms with Crippen LogP contribution < -0.4 is 4.90 Å². The van der Waals surface area contributed by atoms with Crippen molar-refractivity contribution in [2.75, 3.05) is 11.4 Å². The molecule has 3 rings (SSSR count). The van der Waals surface area contributed by atoms with E-state index in [2.05, 4.69) is 60.4 Å². The highest BCUT2D eigenvalue weighted by atomic mass is 35.5. The molecule has 0 fully saturated rings. The third-order valence-electron chi connectivity index (χ3n) is 3.57. The topological polar surface area (TPSA) is 3.24 Å². The average molecular weight is 270 g/mol. The molecular formula is C17H16ClN. The summed E-state index contributed by atoms with van der Waals surface area (Å²) in [4.78, 5) is 2.40. The molecule has 0 saturated heterocycles. The fourth-order valence-electron chi connectivity index (χ4n) is 2.68. The van der Waals surface area contributed by atoms with E-state index in [9.17, 15) is 0 Å². The van der Waals surface area contributed by atoms with Crippen LogP contribution in [0.5, 0.6) is 0 Å². The molecule has 0 aliphatic carbocycles. The minimum absolute atomic E-state index is 0.305. The molecule has 0 radical (unpaired) electrons. The summed E-state index contributed by atoms with van der Waals surface area (Å²) in [5.74, 6) is 0. The first-order valence-corrected chi connectivity index (χ1v) is 6.96. The Morgan fingerprint density at radius 2 is 1.89 bits per heavy atom. The van der Waals surface area contributed by atoms with Crippen LogP contribution in [-0.4, -0.2) is 6.54 Å². The van der Waals surface area contributed by atoms with Gasteiger partial charge in [0.25, 0.3) is 0 Å². The van der Waals surface area contributed by atoms with E-state index in [4.69, 9.17) is 11.6 Å². The van der Waals surface area contributed by atoms with Crippen molar-refractivity contribution < 1.29 is 0 Å². The Hall–Kier alpha value is -1.73. The average Bonchev–Trinajstić information content (AvgIpc) is 2.46.